The zero-order valence-corrected chi connectivity index (χ0v) is 16.4. The van der Waals surface area contributed by atoms with Gasteiger partial charge in [0, 0.05) is 17.1 Å². The van der Waals surface area contributed by atoms with E-state index in [2.05, 4.69) is 29.7 Å². The zero-order chi connectivity index (χ0) is 19.9. The van der Waals surface area contributed by atoms with Crippen molar-refractivity contribution in [1.29, 1.82) is 0 Å². The van der Waals surface area contributed by atoms with Crippen LogP contribution in [0.1, 0.15) is 28.1 Å². The molecule has 1 aromatic carbocycles. The summed E-state index contributed by atoms with van der Waals surface area (Å²) in [5.41, 5.74) is 6.18. The highest BCUT2D eigenvalue weighted by atomic mass is 32.2. The molecule has 1 aromatic heterocycles. The normalized spacial score (nSPS) is 15.9. The Morgan fingerprint density at radius 3 is 2.48 bits per heavy atom. The lowest BCUT2D eigenvalue weighted by molar-refractivity contribution is -0.140. The molecule has 1 fully saturated rings. The third-order valence-electron chi connectivity index (χ3n) is 4.52. The first-order valence-electron chi connectivity index (χ1n) is 8.42. The molecule has 6 nitrogen and oxygen atoms in total. The molecule has 0 atom stereocenters. The van der Waals surface area contributed by atoms with E-state index in [1.807, 2.05) is 26.8 Å². The van der Waals surface area contributed by atoms with Crippen molar-refractivity contribution in [2.24, 2.45) is 0 Å². The van der Waals surface area contributed by atoms with Crippen LogP contribution >= 0.6 is 11.8 Å². The molecule has 0 radical (unpaired) electrons. The average Bonchev–Trinajstić information content (AvgIpc) is 2.99. The Morgan fingerprint density at radius 2 is 1.85 bits per heavy atom. The molecule has 0 aliphatic carbocycles. The van der Waals surface area contributed by atoms with Gasteiger partial charge < -0.3 is 9.67 Å². The molecule has 0 spiro atoms. The van der Waals surface area contributed by atoms with Gasteiger partial charge in [-0.15, -0.1) is 0 Å². The molecule has 3 rings (SSSR count). The fraction of sp³-hybridized carbons (Fsp3) is 0.250. The largest absolute Gasteiger partial charge is 0.480 e. The van der Waals surface area contributed by atoms with Crippen LogP contribution in [0.15, 0.2) is 29.2 Å². The van der Waals surface area contributed by atoms with Crippen LogP contribution in [0.2, 0.25) is 0 Å². The minimum atomic E-state index is -1.22. The minimum absolute atomic E-state index is 0.238. The van der Waals surface area contributed by atoms with E-state index in [1.165, 1.54) is 5.56 Å². The number of hydrogen-bond acceptors (Lipinski definition) is 4. The van der Waals surface area contributed by atoms with E-state index in [4.69, 9.17) is 5.11 Å². The number of nitrogens with zero attached hydrogens (tertiary/aromatic N) is 2. The van der Waals surface area contributed by atoms with Crippen LogP contribution in [0, 0.1) is 27.7 Å². The summed E-state index contributed by atoms with van der Waals surface area (Å²) in [6, 6.07) is 8.19. The second kappa shape index (κ2) is 7.08. The Hall–Kier alpha value is -2.80. The summed E-state index contributed by atoms with van der Waals surface area (Å²) in [5.74, 6) is -1.78. The predicted molar refractivity (Wildman–Crippen MR) is 105 cm³/mol. The Balaban J connectivity index is 2.00. The van der Waals surface area contributed by atoms with E-state index in [-0.39, 0.29) is 4.91 Å². The Bertz CT molecular complexity index is 1000. The third kappa shape index (κ3) is 3.55. The molecule has 1 saturated heterocycles. The van der Waals surface area contributed by atoms with Crippen molar-refractivity contribution >= 4 is 35.0 Å². The number of benzene rings is 1. The molecular weight excluding hydrogens is 364 g/mol. The number of thioether (sulfide) groups is 1. The van der Waals surface area contributed by atoms with Gasteiger partial charge in [0.1, 0.15) is 6.54 Å². The number of rotatable bonds is 4. The molecule has 1 N–H and O–H groups in total. The van der Waals surface area contributed by atoms with Gasteiger partial charge >= 0.3 is 5.97 Å². The highest BCUT2D eigenvalue weighted by molar-refractivity contribution is 8.18. The molecular formula is C20H20N2O4S. The highest BCUT2D eigenvalue weighted by Crippen LogP contribution is 2.34. The molecule has 1 aliphatic rings. The summed E-state index contributed by atoms with van der Waals surface area (Å²) in [6.45, 7) is 7.42. The van der Waals surface area contributed by atoms with Crippen molar-refractivity contribution in [2.75, 3.05) is 6.54 Å². The maximum absolute atomic E-state index is 12.4. The second-order valence-corrected chi connectivity index (χ2v) is 7.61. The molecule has 27 heavy (non-hydrogen) atoms. The van der Waals surface area contributed by atoms with Gasteiger partial charge in [-0.1, -0.05) is 17.7 Å². The minimum Gasteiger partial charge on any atom is -0.480 e. The first-order chi connectivity index (χ1) is 12.7. The van der Waals surface area contributed by atoms with Gasteiger partial charge in [0.25, 0.3) is 11.1 Å². The van der Waals surface area contributed by atoms with Crippen LogP contribution in [0.5, 0.6) is 0 Å². The summed E-state index contributed by atoms with van der Waals surface area (Å²) < 4.78 is 2.11. The van der Waals surface area contributed by atoms with Crippen LogP contribution in [-0.4, -0.2) is 38.2 Å². The number of carbonyl (C=O) groups is 3. The van der Waals surface area contributed by atoms with Crippen LogP contribution in [0.25, 0.3) is 11.8 Å². The number of carbonyl (C=O) groups excluding carboxylic acids is 2. The SMILES string of the molecule is Cc1ccc(-n2c(C)cc(/C=C3/SC(=O)N(CC(=O)O)C3=O)c2C)c(C)c1. The Morgan fingerprint density at radius 1 is 1.15 bits per heavy atom. The van der Waals surface area contributed by atoms with E-state index >= 15 is 0 Å². The summed E-state index contributed by atoms with van der Waals surface area (Å²) >= 11 is 0.769. The van der Waals surface area contributed by atoms with Crippen molar-refractivity contribution < 1.29 is 19.5 Å². The summed E-state index contributed by atoms with van der Waals surface area (Å²) in [6.07, 6.45) is 1.66. The molecule has 2 amide bonds. The quantitative estimate of drug-likeness (QED) is 0.811. The van der Waals surface area contributed by atoms with Gasteiger partial charge in [0.2, 0.25) is 0 Å². The van der Waals surface area contributed by atoms with Gasteiger partial charge in [-0.25, -0.2) is 0 Å². The van der Waals surface area contributed by atoms with E-state index in [0.29, 0.717) is 0 Å². The van der Waals surface area contributed by atoms with Gasteiger partial charge in [-0.05, 0) is 68.8 Å². The number of amides is 2. The summed E-state index contributed by atoms with van der Waals surface area (Å²) in [5, 5.41) is 8.30. The van der Waals surface area contributed by atoms with Crippen LogP contribution < -0.4 is 0 Å². The van der Waals surface area contributed by atoms with E-state index < -0.39 is 23.7 Å². The van der Waals surface area contributed by atoms with E-state index in [1.54, 1.807) is 6.08 Å². The van der Waals surface area contributed by atoms with Crippen molar-refractivity contribution in [3.63, 3.8) is 0 Å². The van der Waals surface area contributed by atoms with Crippen molar-refractivity contribution in [3.05, 3.63) is 57.2 Å². The Labute approximate surface area is 161 Å². The van der Waals surface area contributed by atoms with Crippen molar-refractivity contribution in [1.82, 2.24) is 9.47 Å². The fourth-order valence-corrected chi connectivity index (χ4v) is 4.10. The van der Waals surface area contributed by atoms with Crippen molar-refractivity contribution in [3.8, 4) is 5.69 Å². The zero-order valence-electron chi connectivity index (χ0n) is 15.6. The van der Waals surface area contributed by atoms with Crippen LogP contribution in [0.4, 0.5) is 4.79 Å². The van der Waals surface area contributed by atoms with Gasteiger partial charge in [0.05, 0.1) is 4.91 Å². The monoisotopic (exact) mass is 384 g/mol. The topological polar surface area (TPSA) is 79.6 Å². The smallest absolute Gasteiger partial charge is 0.323 e. The molecule has 1 aliphatic heterocycles. The number of carboxylic acids is 1. The lowest BCUT2D eigenvalue weighted by atomic mass is 10.1. The number of aromatic nitrogens is 1. The standard InChI is InChI=1S/C20H20N2O4S/c1-11-5-6-16(12(2)7-11)22-13(3)8-15(14(22)4)9-17-19(25)21(10-18(23)24)20(26)27-17/h5-9H,10H2,1-4H3,(H,23,24)/b17-9+. The van der Waals surface area contributed by atoms with Crippen molar-refractivity contribution in [2.45, 2.75) is 27.7 Å². The molecule has 0 bridgehead atoms. The predicted octanol–water partition coefficient (Wildman–Crippen LogP) is 3.83. The van der Waals surface area contributed by atoms with Crippen LogP contribution in [-0.2, 0) is 9.59 Å². The lowest BCUT2D eigenvalue weighted by Gasteiger charge is -2.13. The molecule has 0 saturated carbocycles. The average molecular weight is 384 g/mol. The van der Waals surface area contributed by atoms with Gasteiger partial charge in [0.15, 0.2) is 0 Å². The first kappa shape index (κ1) is 19.0. The van der Waals surface area contributed by atoms with E-state index in [9.17, 15) is 14.4 Å². The highest BCUT2D eigenvalue weighted by Gasteiger charge is 2.36. The number of aliphatic carboxylic acids is 1. The maximum atomic E-state index is 12.4. The fourth-order valence-electron chi connectivity index (χ4n) is 3.27. The molecule has 7 heteroatoms. The van der Waals surface area contributed by atoms with Crippen LogP contribution in [0.3, 0.4) is 0 Å². The molecule has 2 heterocycles. The second-order valence-electron chi connectivity index (χ2n) is 6.61. The molecule has 140 valence electrons. The molecule has 0 unspecified atom stereocenters. The maximum Gasteiger partial charge on any atom is 0.323 e. The number of aryl methyl sites for hydroxylation is 3. The number of carboxylic acid groups (broad SMARTS) is 1. The number of imide groups is 1. The number of hydrogen-bond donors (Lipinski definition) is 1. The first-order valence-corrected chi connectivity index (χ1v) is 9.24. The Kier molecular flexibility index (Phi) is 4.97. The summed E-state index contributed by atoms with van der Waals surface area (Å²) in [7, 11) is 0. The summed E-state index contributed by atoms with van der Waals surface area (Å²) in [4.78, 5) is 36.1. The molecule has 2 aromatic rings. The van der Waals surface area contributed by atoms with E-state index in [0.717, 1.165) is 44.9 Å². The van der Waals surface area contributed by atoms with Gasteiger partial charge in [-0.2, -0.15) is 0 Å². The lowest BCUT2D eigenvalue weighted by Crippen LogP contribution is -2.33. The van der Waals surface area contributed by atoms with Gasteiger partial charge in [-0.3, -0.25) is 19.3 Å². The third-order valence-corrected chi connectivity index (χ3v) is 5.42.